The molecule has 2 atom stereocenters. The number of piperidine rings is 1. The maximum atomic E-state index is 12.5. The molecule has 0 aromatic heterocycles. The van der Waals surface area contributed by atoms with E-state index < -0.39 is 6.10 Å². The van der Waals surface area contributed by atoms with Gasteiger partial charge in [-0.1, -0.05) is 18.2 Å². The number of amides is 1. The van der Waals surface area contributed by atoms with Gasteiger partial charge in [-0.2, -0.15) is 0 Å². The van der Waals surface area contributed by atoms with Gasteiger partial charge in [-0.3, -0.25) is 9.59 Å². The van der Waals surface area contributed by atoms with E-state index in [1.165, 1.54) is 0 Å². The zero-order valence-corrected chi connectivity index (χ0v) is 13.2. The molecule has 2 unspecified atom stereocenters. The maximum Gasteiger partial charge on any atom is 0.310 e. The first-order valence-electron chi connectivity index (χ1n) is 7.79. The first-order chi connectivity index (χ1) is 10.6. The fourth-order valence-corrected chi connectivity index (χ4v) is 2.64. The highest BCUT2D eigenvalue weighted by Gasteiger charge is 2.31. The highest BCUT2D eigenvalue weighted by atomic mass is 16.5. The highest BCUT2D eigenvalue weighted by molar-refractivity contribution is 5.82. The van der Waals surface area contributed by atoms with Crippen LogP contribution in [0.4, 0.5) is 0 Å². The number of carbonyl (C=O) groups excluding carboxylic acids is 2. The van der Waals surface area contributed by atoms with E-state index in [1.54, 1.807) is 18.7 Å². The van der Waals surface area contributed by atoms with Crippen molar-refractivity contribution in [1.29, 1.82) is 0 Å². The molecule has 0 N–H and O–H groups in total. The van der Waals surface area contributed by atoms with E-state index >= 15 is 0 Å². The number of likely N-dealkylation sites (tertiary alicyclic amines) is 1. The predicted octanol–water partition coefficient (Wildman–Crippen LogP) is 2.26. The van der Waals surface area contributed by atoms with Gasteiger partial charge in [0.2, 0.25) is 0 Å². The van der Waals surface area contributed by atoms with E-state index in [-0.39, 0.29) is 17.8 Å². The lowest BCUT2D eigenvalue weighted by Crippen LogP contribution is -2.47. The topological polar surface area (TPSA) is 55.8 Å². The van der Waals surface area contributed by atoms with Gasteiger partial charge in [-0.05, 0) is 38.8 Å². The monoisotopic (exact) mass is 305 g/mol. The molecule has 2 rings (SSSR count). The minimum absolute atomic E-state index is 0.0853. The average molecular weight is 305 g/mol. The minimum Gasteiger partial charge on any atom is -0.481 e. The second kappa shape index (κ2) is 7.82. The molecule has 1 aromatic carbocycles. The van der Waals surface area contributed by atoms with Gasteiger partial charge < -0.3 is 14.4 Å². The molecular weight excluding hydrogens is 282 g/mol. The fourth-order valence-electron chi connectivity index (χ4n) is 2.64. The molecule has 1 aromatic rings. The van der Waals surface area contributed by atoms with Crippen LogP contribution in [0.15, 0.2) is 30.3 Å². The van der Waals surface area contributed by atoms with Crippen molar-refractivity contribution in [2.75, 3.05) is 19.7 Å². The standard InChI is InChI=1S/C17H23NO4/c1-3-21-17(20)14-8-7-11-18(12-14)16(19)13(2)22-15-9-5-4-6-10-15/h4-6,9-10,13-14H,3,7-8,11-12H2,1-2H3. The Morgan fingerprint density at radius 2 is 2.05 bits per heavy atom. The van der Waals surface area contributed by atoms with E-state index in [9.17, 15) is 9.59 Å². The Bertz CT molecular complexity index is 503. The molecule has 22 heavy (non-hydrogen) atoms. The van der Waals surface area contributed by atoms with Gasteiger partial charge in [0.1, 0.15) is 5.75 Å². The lowest BCUT2D eigenvalue weighted by atomic mass is 9.98. The van der Waals surface area contributed by atoms with Gasteiger partial charge in [0, 0.05) is 13.1 Å². The van der Waals surface area contributed by atoms with Crippen LogP contribution in [0, 0.1) is 5.92 Å². The van der Waals surface area contributed by atoms with Crippen molar-refractivity contribution in [2.24, 2.45) is 5.92 Å². The van der Waals surface area contributed by atoms with Crippen LogP contribution in [-0.4, -0.2) is 42.6 Å². The summed E-state index contributed by atoms with van der Waals surface area (Å²) in [4.78, 5) is 26.0. The summed E-state index contributed by atoms with van der Waals surface area (Å²) in [6.45, 7) is 4.98. The Labute approximate surface area is 131 Å². The van der Waals surface area contributed by atoms with Crippen molar-refractivity contribution < 1.29 is 19.1 Å². The zero-order valence-electron chi connectivity index (χ0n) is 13.2. The van der Waals surface area contributed by atoms with Gasteiger partial charge in [0.25, 0.3) is 5.91 Å². The summed E-state index contributed by atoms with van der Waals surface area (Å²) in [7, 11) is 0. The molecule has 0 spiro atoms. The third-order valence-electron chi connectivity index (χ3n) is 3.76. The van der Waals surface area contributed by atoms with Crippen molar-refractivity contribution in [1.82, 2.24) is 4.90 Å². The van der Waals surface area contributed by atoms with Crippen LogP contribution >= 0.6 is 0 Å². The molecule has 120 valence electrons. The number of nitrogens with zero attached hydrogens (tertiary/aromatic N) is 1. The minimum atomic E-state index is -0.566. The quantitative estimate of drug-likeness (QED) is 0.783. The second-order valence-electron chi connectivity index (χ2n) is 5.45. The largest absolute Gasteiger partial charge is 0.481 e. The molecule has 1 saturated heterocycles. The van der Waals surface area contributed by atoms with Crippen molar-refractivity contribution in [2.45, 2.75) is 32.8 Å². The predicted molar refractivity (Wildman–Crippen MR) is 82.5 cm³/mol. The van der Waals surface area contributed by atoms with Crippen LogP contribution < -0.4 is 4.74 Å². The molecule has 1 amide bonds. The van der Waals surface area contributed by atoms with Crippen molar-refractivity contribution in [3.8, 4) is 5.75 Å². The van der Waals surface area contributed by atoms with E-state index in [2.05, 4.69) is 0 Å². The third-order valence-corrected chi connectivity index (χ3v) is 3.76. The average Bonchev–Trinajstić information content (AvgIpc) is 2.55. The number of carbonyl (C=O) groups is 2. The molecule has 0 saturated carbocycles. The van der Waals surface area contributed by atoms with Gasteiger partial charge in [-0.15, -0.1) is 0 Å². The SMILES string of the molecule is CCOC(=O)C1CCCN(C(=O)C(C)Oc2ccccc2)C1. The van der Waals surface area contributed by atoms with Crippen LogP contribution in [0.5, 0.6) is 5.75 Å². The molecule has 1 aliphatic rings. The van der Waals surface area contributed by atoms with Crippen LogP contribution in [0.2, 0.25) is 0 Å². The smallest absolute Gasteiger partial charge is 0.310 e. The number of rotatable bonds is 5. The molecule has 1 heterocycles. The number of ether oxygens (including phenoxy) is 2. The molecular formula is C17H23NO4. The van der Waals surface area contributed by atoms with Gasteiger partial charge >= 0.3 is 5.97 Å². The Kier molecular flexibility index (Phi) is 5.81. The normalized spacial score (nSPS) is 19.4. The summed E-state index contributed by atoms with van der Waals surface area (Å²) in [5.41, 5.74) is 0. The summed E-state index contributed by atoms with van der Waals surface area (Å²) in [5, 5.41) is 0. The maximum absolute atomic E-state index is 12.5. The summed E-state index contributed by atoms with van der Waals surface area (Å²) in [6, 6.07) is 9.27. The molecule has 1 fully saturated rings. The van der Waals surface area contributed by atoms with E-state index in [4.69, 9.17) is 9.47 Å². The zero-order chi connectivity index (χ0) is 15.9. The van der Waals surface area contributed by atoms with Crippen molar-refractivity contribution in [3.05, 3.63) is 30.3 Å². The van der Waals surface area contributed by atoms with Crippen LogP contribution in [0.25, 0.3) is 0 Å². The first kappa shape index (κ1) is 16.3. The third kappa shape index (κ3) is 4.23. The summed E-state index contributed by atoms with van der Waals surface area (Å²) in [5.74, 6) is 0.151. The number of esters is 1. The van der Waals surface area contributed by atoms with Crippen LogP contribution in [0.3, 0.4) is 0 Å². The lowest BCUT2D eigenvalue weighted by molar-refractivity contribution is -0.152. The van der Waals surface area contributed by atoms with Crippen LogP contribution in [0.1, 0.15) is 26.7 Å². The Balaban J connectivity index is 1.92. The Hall–Kier alpha value is -2.04. The second-order valence-corrected chi connectivity index (χ2v) is 5.45. The molecule has 1 aliphatic heterocycles. The number of para-hydroxylation sites is 1. The molecule has 0 aliphatic carbocycles. The Morgan fingerprint density at radius 3 is 2.73 bits per heavy atom. The van der Waals surface area contributed by atoms with Gasteiger partial charge in [-0.25, -0.2) is 0 Å². The molecule has 5 heteroatoms. The summed E-state index contributed by atoms with van der Waals surface area (Å²) < 4.78 is 10.7. The Morgan fingerprint density at radius 1 is 1.32 bits per heavy atom. The fraction of sp³-hybridized carbons (Fsp3) is 0.529. The number of hydrogen-bond donors (Lipinski definition) is 0. The molecule has 0 radical (unpaired) electrons. The number of benzene rings is 1. The molecule has 5 nitrogen and oxygen atoms in total. The van der Waals surface area contributed by atoms with E-state index in [0.717, 1.165) is 12.8 Å². The summed E-state index contributed by atoms with van der Waals surface area (Å²) in [6.07, 6.45) is 1.02. The van der Waals surface area contributed by atoms with E-state index in [1.807, 2.05) is 30.3 Å². The van der Waals surface area contributed by atoms with Gasteiger partial charge in [0.05, 0.1) is 12.5 Å². The van der Waals surface area contributed by atoms with Gasteiger partial charge in [0.15, 0.2) is 6.10 Å². The number of hydrogen-bond acceptors (Lipinski definition) is 4. The van der Waals surface area contributed by atoms with E-state index in [0.29, 0.717) is 25.4 Å². The lowest BCUT2D eigenvalue weighted by Gasteiger charge is -2.33. The highest BCUT2D eigenvalue weighted by Crippen LogP contribution is 2.20. The molecule has 0 bridgehead atoms. The van der Waals surface area contributed by atoms with Crippen molar-refractivity contribution in [3.63, 3.8) is 0 Å². The summed E-state index contributed by atoms with van der Waals surface area (Å²) >= 11 is 0. The first-order valence-corrected chi connectivity index (χ1v) is 7.79. The van der Waals surface area contributed by atoms with Crippen LogP contribution in [-0.2, 0) is 14.3 Å². The van der Waals surface area contributed by atoms with Crippen molar-refractivity contribution >= 4 is 11.9 Å².